The highest BCUT2D eigenvalue weighted by Gasteiger charge is 2.51. The van der Waals surface area contributed by atoms with Crippen LogP contribution in [0.5, 0.6) is 5.75 Å². The van der Waals surface area contributed by atoms with E-state index in [2.05, 4.69) is 27.1 Å². The number of carbonyl (C=O) groups is 3. The van der Waals surface area contributed by atoms with Gasteiger partial charge in [0.1, 0.15) is 5.75 Å². The molecule has 3 amide bonds. The zero-order valence-corrected chi connectivity index (χ0v) is 24.2. The molecule has 2 heterocycles. The number of hydrogen-bond donors (Lipinski definition) is 3. The molecule has 2 aliphatic heterocycles. The maximum atomic E-state index is 13.9. The molecule has 13 heteroatoms. The SMILES string of the molecule is O=C(NC[C@@H](O)C(=O)O)c1ccc(CN2C(=O)N(c3ccc(OC(F)(F)F)cc3)CC23CCN(Cc2ccccc2)CC3)cc1. The Hall–Kier alpha value is -4.62. The van der Waals surface area contributed by atoms with Crippen LogP contribution in [0.3, 0.4) is 0 Å². The van der Waals surface area contributed by atoms with Crippen LogP contribution < -0.4 is 15.0 Å². The van der Waals surface area contributed by atoms with E-state index in [0.29, 0.717) is 25.1 Å². The molecule has 2 saturated heterocycles. The minimum atomic E-state index is -4.82. The summed E-state index contributed by atoms with van der Waals surface area (Å²) in [5, 5.41) is 20.6. The lowest BCUT2D eigenvalue weighted by atomic mass is 9.86. The molecule has 2 fully saturated rings. The van der Waals surface area contributed by atoms with Gasteiger partial charge in [-0.25, -0.2) is 9.59 Å². The quantitative estimate of drug-likeness (QED) is 0.308. The van der Waals surface area contributed by atoms with Gasteiger partial charge in [0.05, 0.1) is 18.6 Å². The summed E-state index contributed by atoms with van der Waals surface area (Å²) in [5.41, 5.74) is 2.13. The number of ether oxygens (including phenoxy) is 1. The first kappa shape index (κ1) is 31.8. The van der Waals surface area contributed by atoms with Crippen LogP contribution in [-0.2, 0) is 17.9 Å². The molecular weight excluding hydrogens is 593 g/mol. The number of hydrogen-bond acceptors (Lipinski definition) is 6. The number of piperidine rings is 1. The number of anilines is 1. The van der Waals surface area contributed by atoms with Crippen molar-refractivity contribution in [1.29, 1.82) is 0 Å². The van der Waals surface area contributed by atoms with Crippen LogP contribution in [-0.4, -0.2) is 82.1 Å². The highest BCUT2D eigenvalue weighted by Crippen LogP contribution is 2.40. The van der Waals surface area contributed by atoms with Gasteiger partial charge in [-0.05, 0) is 60.4 Å². The summed E-state index contributed by atoms with van der Waals surface area (Å²) in [6, 6.07) is 21.6. The number of likely N-dealkylation sites (tertiary alicyclic amines) is 1. The van der Waals surface area contributed by atoms with Crippen LogP contribution in [0.25, 0.3) is 0 Å². The van der Waals surface area contributed by atoms with Crippen molar-refractivity contribution in [3.05, 3.63) is 95.6 Å². The molecule has 10 nitrogen and oxygen atoms in total. The van der Waals surface area contributed by atoms with Crippen molar-refractivity contribution in [3.8, 4) is 5.75 Å². The average Bonchev–Trinajstić information content (AvgIpc) is 3.27. The monoisotopic (exact) mass is 626 g/mol. The summed E-state index contributed by atoms with van der Waals surface area (Å²) in [6.07, 6.45) is -5.18. The molecule has 0 saturated carbocycles. The molecule has 1 spiro atoms. The molecule has 3 aromatic rings. The Balaban J connectivity index is 1.33. The normalized spacial score (nSPS) is 17.4. The summed E-state index contributed by atoms with van der Waals surface area (Å²) < 4.78 is 42.1. The standard InChI is InChI=1S/C32H33F3N4O6/c33-32(34,35)45-26-12-10-25(11-13-26)38-21-31(14-16-37(17-15-31)19-22-4-2-1-3-5-22)39(30(38)44)20-23-6-8-24(9-7-23)28(41)36-18-27(40)29(42)43/h1-13,27,40H,14-21H2,(H,36,41)(H,42,43)/t27-/m1/s1. The van der Waals surface area contributed by atoms with E-state index in [9.17, 15) is 32.7 Å². The highest BCUT2D eigenvalue weighted by atomic mass is 19.4. The molecule has 238 valence electrons. The number of urea groups is 1. The van der Waals surface area contributed by atoms with E-state index >= 15 is 0 Å². The topological polar surface area (TPSA) is 123 Å². The van der Waals surface area contributed by atoms with Gasteiger partial charge in [-0.15, -0.1) is 13.2 Å². The molecule has 45 heavy (non-hydrogen) atoms. The van der Waals surface area contributed by atoms with Gasteiger partial charge in [0.15, 0.2) is 6.10 Å². The lowest BCUT2D eigenvalue weighted by Gasteiger charge is -2.44. The molecular formula is C32H33F3N4O6. The number of carbonyl (C=O) groups excluding carboxylic acids is 2. The average molecular weight is 627 g/mol. The Bertz CT molecular complexity index is 1490. The van der Waals surface area contributed by atoms with Crippen LogP contribution in [0.15, 0.2) is 78.9 Å². The Morgan fingerprint density at radius 2 is 1.53 bits per heavy atom. The van der Waals surface area contributed by atoms with Crippen LogP contribution in [0.4, 0.5) is 23.7 Å². The molecule has 0 unspecified atom stereocenters. The fourth-order valence-electron chi connectivity index (χ4n) is 5.78. The number of benzene rings is 3. The lowest BCUT2D eigenvalue weighted by Crippen LogP contribution is -2.54. The van der Waals surface area contributed by atoms with E-state index in [4.69, 9.17) is 5.11 Å². The second kappa shape index (κ2) is 13.2. The second-order valence-electron chi connectivity index (χ2n) is 11.2. The van der Waals surface area contributed by atoms with E-state index < -0.39 is 36.4 Å². The van der Waals surface area contributed by atoms with Crippen molar-refractivity contribution in [3.63, 3.8) is 0 Å². The first-order chi connectivity index (χ1) is 21.4. The molecule has 3 aromatic carbocycles. The van der Waals surface area contributed by atoms with Crippen molar-refractivity contribution in [2.45, 2.75) is 43.9 Å². The first-order valence-electron chi connectivity index (χ1n) is 14.4. The zero-order valence-electron chi connectivity index (χ0n) is 24.2. The maximum Gasteiger partial charge on any atom is 0.573 e. The van der Waals surface area contributed by atoms with Gasteiger partial charge in [0, 0.05) is 37.4 Å². The van der Waals surface area contributed by atoms with Gasteiger partial charge in [0.25, 0.3) is 5.91 Å². The highest BCUT2D eigenvalue weighted by molar-refractivity contribution is 5.96. The summed E-state index contributed by atoms with van der Waals surface area (Å²) in [4.78, 5) is 42.9. The van der Waals surface area contributed by atoms with E-state index in [1.165, 1.54) is 29.8 Å². The Morgan fingerprint density at radius 1 is 0.911 bits per heavy atom. The number of halogens is 3. The molecule has 2 aliphatic rings. The number of nitrogens with one attached hydrogen (secondary N) is 1. The first-order valence-corrected chi connectivity index (χ1v) is 14.4. The van der Waals surface area contributed by atoms with E-state index in [-0.39, 0.29) is 23.9 Å². The molecule has 0 aliphatic carbocycles. The zero-order chi connectivity index (χ0) is 32.2. The van der Waals surface area contributed by atoms with E-state index in [1.54, 1.807) is 29.2 Å². The molecule has 0 aromatic heterocycles. The Morgan fingerprint density at radius 3 is 2.13 bits per heavy atom. The van der Waals surface area contributed by atoms with Gasteiger partial charge in [-0.1, -0.05) is 42.5 Å². The number of aliphatic hydroxyl groups excluding tert-OH is 1. The number of rotatable bonds is 10. The number of carboxylic acid groups (broad SMARTS) is 1. The summed E-state index contributed by atoms with van der Waals surface area (Å²) >= 11 is 0. The summed E-state index contributed by atoms with van der Waals surface area (Å²) in [5.74, 6) is -2.37. The fraction of sp³-hybridized carbons (Fsp3) is 0.344. The van der Waals surface area contributed by atoms with Gasteiger partial charge in [0.2, 0.25) is 0 Å². The lowest BCUT2D eigenvalue weighted by molar-refractivity contribution is -0.274. The third-order valence-corrected chi connectivity index (χ3v) is 8.20. The van der Waals surface area contributed by atoms with Gasteiger partial charge in [-0.2, -0.15) is 0 Å². The number of nitrogens with zero attached hydrogens (tertiary/aromatic N) is 3. The predicted octanol–water partition coefficient (Wildman–Crippen LogP) is 4.24. The van der Waals surface area contributed by atoms with Crippen molar-refractivity contribution in [2.75, 3.05) is 31.1 Å². The third kappa shape index (κ3) is 7.73. The maximum absolute atomic E-state index is 13.9. The van der Waals surface area contributed by atoms with E-state index in [1.807, 2.05) is 23.1 Å². The third-order valence-electron chi connectivity index (χ3n) is 8.20. The predicted molar refractivity (Wildman–Crippen MR) is 158 cm³/mol. The van der Waals surface area contributed by atoms with Crippen molar-refractivity contribution >= 4 is 23.6 Å². The second-order valence-corrected chi connectivity index (χ2v) is 11.2. The van der Waals surface area contributed by atoms with Crippen LogP contribution in [0.1, 0.15) is 34.3 Å². The number of amides is 3. The Kier molecular flexibility index (Phi) is 9.30. The Labute approximate surface area is 257 Å². The molecule has 3 N–H and O–H groups in total. The van der Waals surface area contributed by atoms with Crippen molar-refractivity contribution in [1.82, 2.24) is 15.1 Å². The van der Waals surface area contributed by atoms with Crippen LogP contribution >= 0.6 is 0 Å². The largest absolute Gasteiger partial charge is 0.573 e. The summed E-state index contributed by atoms with van der Waals surface area (Å²) in [7, 11) is 0. The molecule has 1 atom stereocenters. The number of carboxylic acids is 1. The van der Waals surface area contributed by atoms with Gasteiger partial charge in [-0.3, -0.25) is 14.6 Å². The van der Waals surface area contributed by atoms with Gasteiger partial charge >= 0.3 is 18.4 Å². The van der Waals surface area contributed by atoms with Gasteiger partial charge < -0.3 is 25.2 Å². The van der Waals surface area contributed by atoms with Crippen LogP contribution in [0, 0.1) is 0 Å². The molecule has 0 bridgehead atoms. The summed E-state index contributed by atoms with van der Waals surface area (Å²) in [6.45, 7) is 2.42. The number of aliphatic carboxylic acids is 1. The molecule has 0 radical (unpaired) electrons. The van der Waals surface area contributed by atoms with Crippen molar-refractivity contribution < 1.29 is 42.5 Å². The number of aliphatic hydroxyl groups is 1. The van der Waals surface area contributed by atoms with Crippen molar-refractivity contribution in [2.24, 2.45) is 0 Å². The van der Waals surface area contributed by atoms with E-state index in [0.717, 1.165) is 25.2 Å². The molecule has 5 rings (SSSR count). The fourth-order valence-corrected chi connectivity index (χ4v) is 5.78. The minimum Gasteiger partial charge on any atom is -0.479 e. The minimum absolute atomic E-state index is 0.239. The number of alkyl halides is 3. The smallest absolute Gasteiger partial charge is 0.479 e. The van der Waals surface area contributed by atoms with Crippen LogP contribution in [0.2, 0.25) is 0 Å².